The van der Waals surface area contributed by atoms with E-state index < -0.39 is 11.9 Å². The molecule has 0 atom stereocenters. The monoisotopic (exact) mass is 464 g/mol. The molecule has 0 fully saturated rings. The van der Waals surface area contributed by atoms with Gasteiger partial charge in [0.25, 0.3) is 11.7 Å². The van der Waals surface area contributed by atoms with Crippen LogP contribution in [0, 0.1) is 26.6 Å². The van der Waals surface area contributed by atoms with Crippen molar-refractivity contribution in [2.45, 2.75) is 33.9 Å². The van der Waals surface area contributed by atoms with Crippen molar-refractivity contribution in [2.24, 2.45) is 5.73 Å². The van der Waals surface area contributed by atoms with E-state index in [9.17, 15) is 14.0 Å². The number of aromatic nitrogens is 4. The lowest BCUT2D eigenvalue weighted by Gasteiger charge is -2.09. The maximum atomic E-state index is 12.6. The summed E-state index contributed by atoms with van der Waals surface area (Å²) in [4.78, 5) is 27.4. The van der Waals surface area contributed by atoms with E-state index in [1.165, 1.54) is 28.4 Å². The third-order valence-corrected chi connectivity index (χ3v) is 5.22. The number of nitrogens with zero attached hydrogens (tertiary/aromatic N) is 4. The van der Waals surface area contributed by atoms with Crippen molar-refractivity contribution in [1.82, 2.24) is 24.9 Å². The minimum Gasteiger partial charge on any atom is -0.477 e. The Hall–Kier alpha value is -4.18. The molecular weight excluding hydrogens is 439 g/mol. The summed E-state index contributed by atoms with van der Waals surface area (Å²) < 4.78 is 13.9. The first kappa shape index (κ1) is 24.5. The van der Waals surface area contributed by atoms with Gasteiger partial charge in [-0.3, -0.25) is 9.20 Å². The van der Waals surface area contributed by atoms with Crippen molar-refractivity contribution in [1.29, 1.82) is 0 Å². The van der Waals surface area contributed by atoms with Crippen molar-refractivity contribution in [2.75, 3.05) is 0 Å². The average Bonchev–Trinajstić information content (AvgIpc) is 3.30. The summed E-state index contributed by atoms with van der Waals surface area (Å²) in [6.07, 6.45) is 1.32. The van der Waals surface area contributed by atoms with Crippen LogP contribution >= 0.6 is 0 Å². The molecule has 2 aromatic carbocycles. The molecule has 4 rings (SSSR count). The lowest BCUT2D eigenvalue weighted by molar-refractivity contribution is 0.0690. The normalized spacial score (nSPS) is 10.5. The first-order valence-corrected chi connectivity index (χ1v) is 10.4. The Balaban J connectivity index is 0.000000271. The number of carboxylic acids is 1. The second-order valence-corrected chi connectivity index (χ2v) is 7.72. The number of amides is 1. The molecule has 0 aliphatic heterocycles. The number of nitrogens with two attached hydrogens (primary N) is 1. The molecule has 2 heterocycles. The second-order valence-electron chi connectivity index (χ2n) is 7.72. The third-order valence-electron chi connectivity index (χ3n) is 5.22. The minimum absolute atomic E-state index is 0.0613. The van der Waals surface area contributed by atoms with Crippen LogP contribution in [0.15, 0.2) is 48.8 Å². The van der Waals surface area contributed by atoms with Gasteiger partial charge in [0.1, 0.15) is 17.8 Å². The topological polar surface area (TPSA) is 136 Å². The number of carboxylic acid groups (broad SMARTS) is 1. The summed E-state index contributed by atoms with van der Waals surface area (Å²) in [6.45, 7) is 6.55. The number of halogens is 1. The zero-order valence-electron chi connectivity index (χ0n) is 19.0. The van der Waals surface area contributed by atoms with Crippen molar-refractivity contribution in [3.8, 4) is 0 Å². The van der Waals surface area contributed by atoms with E-state index in [2.05, 4.69) is 20.5 Å². The van der Waals surface area contributed by atoms with E-state index in [-0.39, 0.29) is 23.0 Å². The Labute approximate surface area is 195 Å². The van der Waals surface area contributed by atoms with E-state index in [1.807, 2.05) is 32.0 Å². The lowest BCUT2D eigenvalue weighted by atomic mass is 10.1. The fourth-order valence-corrected chi connectivity index (χ4v) is 3.12. The number of hydrogen-bond acceptors (Lipinski definition) is 6. The van der Waals surface area contributed by atoms with Gasteiger partial charge in [-0.05, 0) is 54.7 Å². The number of carbonyl (C=O) groups is 2. The molecule has 0 unspecified atom stereocenters. The van der Waals surface area contributed by atoms with Crippen LogP contribution < -0.4 is 11.1 Å². The zero-order chi connectivity index (χ0) is 24.8. The number of fused-ring (bicyclic) bond motifs is 1. The van der Waals surface area contributed by atoms with Gasteiger partial charge in [0.15, 0.2) is 5.69 Å². The second kappa shape index (κ2) is 10.6. The molecule has 0 saturated carbocycles. The Bertz CT molecular complexity index is 1350. The molecule has 0 spiro atoms. The molecule has 10 heteroatoms. The molecule has 4 aromatic rings. The summed E-state index contributed by atoms with van der Waals surface area (Å²) in [5.74, 6) is -1.77. The molecule has 34 heavy (non-hydrogen) atoms. The number of aromatic carboxylic acids is 1. The SMILES string of the molecule is Cc1cc(CN)ccc1F.Cc1ccc(CNC(=O)c2cc(C(=O)O)nc3nncn23)cc1C. The number of nitrogens with one attached hydrogen (secondary N) is 1. The number of carbonyl (C=O) groups excluding carboxylic acids is 1. The molecule has 176 valence electrons. The van der Waals surface area contributed by atoms with E-state index >= 15 is 0 Å². The fourth-order valence-electron chi connectivity index (χ4n) is 3.12. The largest absolute Gasteiger partial charge is 0.477 e. The van der Waals surface area contributed by atoms with Gasteiger partial charge in [0, 0.05) is 19.2 Å². The van der Waals surface area contributed by atoms with Gasteiger partial charge in [0.05, 0.1) is 0 Å². The predicted molar refractivity (Wildman–Crippen MR) is 124 cm³/mol. The lowest BCUT2D eigenvalue weighted by Crippen LogP contribution is -2.26. The van der Waals surface area contributed by atoms with Crippen molar-refractivity contribution < 1.29 is 19.1 Å². The first-order valence-electron chi connectivity index (χ1n) is 10.4. The Morgan fingerprint density at radius 2 is 1.74 bits per heavy atom. The van der Waals surface area contributed by atoms with Crippen LogP contribution in [0.25, 0.3) is 5.78 Å². The van der Waals surface area contributed by atoms with Crippen LogP contribution in [0.4, 0.5) is 4.39 Å². The van der Waals surface area contributed by atoms with Crippen LogP contribution in [-0.2, 0) is 13.1 Å². The fraction of sp³-hybridized carbons (Fsp3) is 0.208. The molecule has 0 aliphatic rings. The summed E-state index contributed by atoms with van der Waals surface area (Å²) in [5, 5.41) is 19.2. The molecule has 4 N–H and O–H groups in total. The highest BCUT2D eigenvalue weighted by atomic mass is 19.1. The van der Waals surface area contributed by atoms with Gasteiger partial charge in [-0.15, -0.1) is 10.2 Å². The smallest absolute Gasteiger partial charge is 0.354 e. The zero-order valence-corrected chi connectivity index (χ0v) is 19.0. The van der Waals surface area contributed by atoms with Crippen molar-refractivity contribution in [3.63, 3.8) is 0 Å². The number of benzene rings is 2. The highest BCUT2D eigenvalue weighted by molar-refractivity contribution is 5.96. The molecule has 0 bridgehead atoms. The van der Waals surface area contributed by atoms with Crippen LogP contribution in [0.1, 0.15) is 48.8 Å². The maximum absolute atomic E-state index is 12.6. The molecular formula is C24H25FN6O3. The third kappa shape index (κ3) is 5.78. The van der Waals surface area contributed by atoms with Crippen molar-refractivity contribution >= 4 is 17.7 Å². The van der Waals surface area contributed by atoms with Gasteiger partial charge in [-0.1, -0.05) is 30.3 Å². The van der Waals surface area contributed by atoms with E-state index in [0.717, 1.165) is 16.7 Å². The van der Waals surface area contributed by atoms with Gasteiger partial charge >= 0.3 is 5.97 Å². The molecule has 9 nitrogen and oxygen atoms in total. The highest BCUT2D eigenvalue weighted by Crippen LogP contribution is 2.11. The standard InChI is InChI=1S/C16H15N5O3.C8H10FN/c1-9-3-4-11(5-10(9)2)7-17-14(22)13-6-12(15(23)24)19-16-20-18-8-21(13)16;1-6-4-7(5-10)2-3-8(6)9/h3-6,8H,7H2,1-2H3,(H,17,22)(H,23,24);2-4H,5,10H2,1H3. The average molecular weight is 465 g/mol. The molecule has 1 amide bonds. The quantitative estimate of drug-likeness (QED) is 0.413. The highest BCUT2D eigenvalue weighted by Gasteiger charge is 2.17. The minimum atomic E-state index is -1.23. The van der Waals surface area contributed by atoms with E-state index in [0.29, 0.717) is 18.7 Å². The van der Waals surface area contributed by atoms with Gasteiger partial charge in [-0.25, -0.2) is 14.2 Å². The predicted octanol–water partition coefficient (Wildman–Crippen LogP) is 2.96. The Morgan fingerprint density at radius 1 is 1.03 bits per heavy atom. The van der Waals surface area contributed by atoms with Crippen LogP contribution in [0.3, 0.4) is 0 Å². The van der Waals surface area contributed by atoms with Gasteiger partial charge < -0.3 is 16.2 Å². The summed E-state index contributed by atoms with van der Waals surface area (Å²) in [7, 11) is 0. The molecule has 0 saturated heterocycles. The summed E-state index contributed by atoms with van der Waals surface area (Å²) >= 11 is 0. The maximum Gasteiger partial charge on any atom is 0.354 e. The molecule has 2 aromatic heterocycles. The van der Waals surface area contributed by atoms with Crippen LogP contribution in [0.5, 0.6) is 0 Å². The number of hydrogen-bond donors (Lipinski definition) is 3. The molecule has 0 radical (unpaired) electrons. The molecule has 0 aliphatic carbocycles. The Kier molecular flexibility index (Phi) is 7.64. The van der Waals surface area contributed by atoms with Crippen LogP contribution in [-0.4, -0.2) is 36.6 Å². The summed E-state index contributed by atoms with van der Waals surface area (Å²) in [6, 6.07) is 12.0. The van der Waals surface area contributed by atoms with Gasteiger partial charge in [-0.2, -0.15) is 0 Å². The van der Waals surface area contributed by atoms with E-state index in [4.69, 9.17) is 10.8 Å². The number of aryl methyl sites for hydroxylation is 3. The summed E-state index contributed by atoms with van der Waals surface area (Å²) in [5.41, 5.74) is 10.1. The van der Waals surface area contributed by atoms with Gasteiger partial charge in [0.2, 0.25) is 0 Å². The van der Waals surface area contributed by atoms with Crippen molar-refractivity contribution in [3.05, 3.63) is 93.8 Å². The van der Waals surface area contributed by atoms with Crippen LogP contribution in [0.2, 0.25) is 0 Å². The first-order chi connectivity index (χ1) is 16.2. The number of rotatable bonds is 5. The van der Waals surface area contributed by atoms with E-state index in [1.54, 1.807) is 19.1 Å². The Morgan fingerprint density at radius 3 is 2.38 bits per heavy atom.